The van der Waals surface area contributed by atoms with Crippen molar-refractivity contribution in [2.75, 3.05) is 23.7 Å². The van der Waals surface area contributed by atoms with Crippen molar-refractivity contribution in [1.29, 1.82) is 0 Å². The molecule has 2 N–H and O–H groups in total. The summed E-state index contributed by atoms with van der Waals surface area (Å²) in [4.78, 5) is 8.93. The van der Waals surface area contributed by atoms with E-state index in [1.54, 1.807) is 0 Å². The third-order valence-corrected chi connectivity index (χ3v) is 4.92. The minimum absolute atomic E-state index is 0.743. The van der Waals surface area contributed by atoms with Crippen LogP contribution in [0.1, 0.15) is 44.6 Å². The summed E-state index contributed by atoms with van der Waals surface area (Å²) in [5, 5.41) is 6.82. The zero-order valence-corrected chi connectivity index (χ0v) is 12.7. The molecular formula is C16H26N4. The van der Waals surface area contributed by atoms with Gasteiger partial charge in [-0.1, -0.05) is 13.3 Å². The van der Waals surface area contributed by atoms with E-state index in [4.69, 9.17) is 0 Å². The van der Waals surface area contributed by atoms with Gasteiger partial charge in [-0.25, -0.2) is 4.98 Å². The van der Waals surface area contributed by atoms with Gasteiger partial charge in [0.25, 0.3) is 0 Å². The minimum Gasteiger partial charge on any atom is -0.369 e. The third kappa shape index (κ3) is 2.89. The van der Waals surface area contributed by atoms with Crippen molar-refractivity contribution in [1.82, 2.24) is 9.97 Å². The van der Waals surface area contributed by atoms with Crippen LogP contribution in [0.15, 0.2) is 6.20 Å². The van der Waals surface area contributed by atoms with E-state index < -0.39 is 0 Å². The first kappa shape index (κ1) is 13.7. The smallest absolute Gasteiger partial charge is 0.224 e. The van der Waals surface area contributed by atoms with Crippen LogP contribution in [0.25, 0.3) is 0 Å². The molecule has 2 saturated carbocycles. The van der Waals surface area contributed by atoms with E-state index >= 15 is 0 Å². The van der Waals surface area contributed by atoms with E-state index in [-0.39, 0.29) is 0 Å². The maximum atomic E-state index is 4.60. The number of hydrogen-bond acceptors (Lipinski definition) is 4. The molecule has 0 radical (unpaired) electrons. The maximum absolute atomic E-state index is 4.60. The summed E-state index contributed by atoms with van der Waals surface area (Å²) in [7, 11) is 0. The lowest BCUT2D eigenvalue weighted by Gasteiger charge is -2.22. The van der Waals surface area contributed by atoms with Crippen molar-refractivity contribution in [3.63, 3.8) is 0 Å². The van der Waals surface area contributed by atoms with E-state index in [0.717, 1.165) is 54.6 Å². The molecule has 110 valence electrons. The largest absolute Gasteiger partial charge is 0.369 e. The van der Waals surface area contributed by atoms with Gasteiger partial charge in [0.1, 0.15) is 5.82 Å². The van der Waals surface area contributed by atoms with Gasteiger partial charge in [-0.2, -0.15) is 4.98 Å². The molecule has 2 aliphatic rings. The van der Waals surface area contributed by atoms with Crippen LogP contribution in [0.3, 0.4) is 0 Å². The lowest BCUT2D eigenvalue weighted by atomic mass is 9.89. The second kappa shape index (κ2) is 5.98. The molecule has 1 heterocycles. The molecule has 20 heavy (non-hydrogen) atoms. The molecule has 0 spiro atoms. The third-order valence-electron chi connectivity index (χ3n) is 4.92. The summed E-state index contributed by atoms with van der Waals surface area (Å²) in [6, 6.07) is 0. The minimum atomic E-state index is 0.743. The topological polar surface area (TPSA) is 49.8 Å². The fourth-order valence-electron chi connectivity index (χ4n) is 3.80. The molecule has 2 aliphatic carbocycles. The predicted octanol–water partition coefficient (Wildman–Crippen LogP) is 3.46. The zero-order chi connectivity index (χ0) is 13.9. The Morgan fingerprint density at radius 1 is 1.25 bits per heavy atom. The molecule has 0 saturated heterocycles. The van der Waals surface area contributed by atoms with Crippen LogP contribution < -0.4 is 10.6 Å². The average Bonchev–Trinajstić information content (AvgIpc) is 3.07. The summed E-state index contributed by atoms with van der Waals surface area (Å²) < 4.78 is 0. The zero-order valence-electron chi connectivity index (χ0n) is 12.7. The summed E-state index contributed by atoms with van der Waals surface area (Å²) >= 11 is 0. The highest BCUT2D eigenvalue weighted by molar-refractivity contribution is 5.46. The van der Waals surface area contributed by atoms with Crippen LogP contribution in [0, 0.1) is 24.7 Å². The van der Waals surface area contributed by atoms with Crippen LogP contribution in [0.5, 0.6) is 0 Å². The maximum Gasteiger partial charge on any atom is 0.224 e. The Morgan fingerprint density at radius 3 is 2.85 bits per heavy atom. The predicted molar refractivity (Wildman–Crippen MR) is 83.0 cm³/mol. The van der Waals surface area contributed by atoms with E-state index in [0.29, 0.717) is 0 Å². The second-order valence-corrected chi connectivity index (χ2v) is 6.47. The molecule has 2 bridgehead atoms. The quantitative estimate of drug-likeness (QED) is 0.834. The number of aromatic nitrogens is 2. The molecule has 4 nitrogen and oxygen atoms in total. The monoisotopic (exact) mass is 274 g/mol. The van der Waals surface area contributed by atoms with Crippen LogP contribution in [0.4, 0.5) is 11.8 Å². The van der Waals surface area contributed by atoms with Crippen molar-refractivity contribution >= 4 is 11.8 Å². The Kier molecular flexibility index (Phi) is 4.08. The summed E-state index contributed by atoms with van der Waals surface area (Å²) in [5.74, 6) is 4.58. The first-order chi connectivity index (χ1) is 9.76. The number of nitrogens with zero attached hydrogens (tertiary/aromatic N) is 2. The molecule has 3 unspecified atom stereocenters. The fraction of sp³-hybridized carbons (Fsp3) is 0.750. The molecule has 3 atom stereocenters. The molecule has 1 aromatic heterocycles. The van der Waals surface area contributed by atoms with Gasteiger partial charge in [-0.05, 0) is 50.4 Å². The Morgan fingerprint density at radius 2 is 2.15 bits per heavy atom. The second-order valence-electron chi connectivity index (χ2n) is 6.47. The van der Waals surface area contributed by atoms with Gasteiger partial charge in [0.2, 0.25) is 5.95 Å². The highest BCUT2D eigenvalue weighted by Crippen LogP contribution is 2.48. The van der Waals surface area contributed by atoms with Crippen LogP contribution in [0.2, 0.25) is 0 Å². The fourth-order valence-corrected chi connectivity index (χ4v) is 3.80. The van der Waals surface area contributed by atoms with Gasteiger partial charge in [0.05, 0.1) is 0 Å². The molecule has 0 aliphatic heterocycles. The summed E-state index contributed by atoms with van der Waals surface area (Å²) in [6.07, 6.45) is 8.81. The molecule has 2 fully saturated rings. The SMILES string of the molecule is CCCNc1ncc(C)c(NCC2CC3CCC2C3)n1. The van der Waals surface area contributed by atoms with Gasteiger partial charge >= 0.3 is 0 Å². The molecule has 3 rings (SSSR count). The normalized spacial score (nSPS) is 27.8. The first-order valence-corrected chi connectivity index (χ1v) is 8.07. The van der Waals surface area contributed by atoms with Crippen LogP contribution in [-0.4, -0.2) is 23.1 Å². The number of aryl methyl sites for hydroxylation is 1. The van der Waals surface area contributed by atoms with E-state index in [2.05, 4.69) is 34.4 Å². The van der Waals surface area contributed by atoms with Gasteiger partial charge < -0.3 is 10.6 Å². The lowest BCUT2D eigenvalue weighted by molar-refractivity contribution is 0.348. The Bertz CT molecular complexity index is 460. The highest BCUT2D eigenvalue weighted by Gasteiger charge is 2.39. The molecule has 0 aromatic carbocycles. The van der Waals surface area contributed by atoms with Crippen LogP contribution in [-0.2, 0) is 0 Å². The Hall–Kier alpha value is -1.32. The molecular weight excluding hydrogens is 248 g/mol. The first-order valence-electron chi connectivity index (χ1n) is 8.07. The summed E-state index contributed by atoms with van der Waals surface area (Å²) in [6.45, 7) is 6.23. The van der Waals surface area contributed by atoms with Gasteiger partial charge in [0.15, 0.2) is 0 Å². The van der Waals surface area contributed by atoms with Gasteiger partial charge in [-0.15, -0.1) is 0 Å². The number of fused-ring (bicyclic) bond motifs is 2. The average molecular weight is 274 g/mol. The van der Waals surface area contributed by atoms with E-state index in [1.165, 1.54) is 25.7 Å². The van der Waals surface area contributed by atoms with Crippen molar-refractivity contribution in [3.05, 3.63) is 11.8 Å². The Balaban J connectivity index is 1.58. The number of anilines is 2. The number of nitrogens with one attached hydrogen (secondary N) is 2. The molecule has 1 aromatic rings. The summed E-state index contributed by atoms with van der Waals surface area (Å²) in [5.41, 5.74) is 1.13. The van der Waals surface area contributed by atoms with Crippen LogP contribution >= 0.6 is 0 Å². The van der Waals surface area contributed by atoms with Crippen molar-refractivity contribution in [3.8, 4) is 0 Å². The highest BCUT2D eigenvalue weighted by atomic mass is 15.1. The van der Waals surface area contributed by atoms with Gasteiger partial charge in [-0.3, -0.25) is 0 Å². The lowest BCUT2D eigenvalue weighted by Crippen LogP contribution is -2.21. The van der Waals surface area contributed by atoms with Crippen molar-refractivity contribution < 1.29 is 0 Å². The van der Waals surface area contributed by atoms with E-state index in [1.807, 2.05) is 6.20 Å². The standard InChI is InChI=1S/C16H26N4/c1-3-6-17-16-19-9-11(2)15(20-16)18-10-14-8-12-4-5-13(14)7-12/h9,12-14H,3-8,10H2,1-2H3,(H2,17,18,19,20). The molecule has 0 amide bonds. The number of hydrogen-bond donors (Lipinski definition) is 2. The van der Waals surface area contributed by atoms with E-state index in [9.17, 15) is 0 Å². The number of rotatable bonds is 6. The van der Waals surface area contributed by atoms with Crippen molar-refractivity contribution in [2.45, 2.75) is 46.0 Å². The molecule has 4 heteroatoms. The Labute approximate surface area is 121 Å². The van der Waals surface area contributed by atoms with Gasteiger partial charge in [0, 0.05) is 24.8 Å². The van der Waals surface area contributed by atoms with Crippen molar-refractivity contribution in [2.24, 2.45) is 17.8 Å².